The number of fused-ring (bicyclic) bond motifs is 5. The first-order valence-corrected chi connectivity index (χ1v) is 20.6. The molecule has 15 nitrogen and oxygen atoms in total. The molecule has 3 aliphatic heterocycles. The van der Waals surface area contributed by atoms with Crippen LogP contribution < -0.4 is 21.7 Å². The number of anilines is 1. The predicted molar refractivity (Wildman–Crippen MR) is 225 cm³/mol. The molecular formula is C44H51F2N9O6. The van der Waals surface area contributed by atoms with Crippen LogP contribution >= 0.6 is 0 Å². The first kappa shape index (κ1) is 43.0. The number of nitrogens with two attached hydrogens (primary N) is 1. The highest BCUT2D eigenvalue weighted by Gasteiger charge is 2.34. The summed E-state index contributed by atoms with van der Waals surface area (Å²) in [5, 5.41) is 8.31. The maximum absolute atomic E-state index is 15.2. The highest BCUT2D eigenvalue weighted by Crippen LogP contribution is 2.31. The molecule has 2 saturated heterocycles. The van der Waals surface area contributed by atoms with Crippen LogP contribution in [0, 0.1) is 24.5 Å². The Morgan fingerprint density at radius 1 is 1.07 bits per heavy atom. The largest absolute Gasteiger partial charge is 0.477 e. The van der Waals surface area contributed by atoms with Crippen LogP contribution in [0.1, 0.15) is 88.2 Å². The minimum absolute atomic E-state index is 0.0220. The summed E-state index contributed by atoms with van der Waals surface area (Å²) in [5.74, 6) is -3.68. The number of ether oxygens (including phenoxy) is 2. The van der Waals surface area contributed by atoms with E-state index < -0.39 is 35.3 Å². The van der Waals surface area contributed by atoms with Crippen LogP contribution in [0.4, 0.5) is 14.7 Å². The SMILES string of the molecule is CN=C1OCCC[C@@H](C)Cn2c(nc3ccc(C(=O)N[C@H]4CCN(CCc5cc(F)c([C@H]6CCC(=O)NC6=O)c(F)c5)C[C@H]4OC)cc32)NC(=O)c2cc(C)nc(c2)C1=CN. The van der Waals surface area contributed by atoms with E-state index in [9.17, 15) is 19.2 Å². The van der Waals surface area contributed by atoms with Crippen LogP contribution in [0.5, 0.6) is 0 Å². The van der Waals surface area contributed by atoms with Gasteiger partial charge in [-0.1, -0.05) is 6.92 Å². The van der Waals surface area contributed by atoms with Crippen molar-refractivity contribution in [2.45, 2.75) is 77.0 Å². The van der Waals surface area contributed by atoms with Gasteiger partial charge in [-0.05, 0) is 93.0 Å². The maximum atomic E-state index is 15.2. The number of piperidine rings is 2. The van der Waals surface area contributed by atoms with Gasteiger partial charge in [0.25, 0.3) is 11.8 Å². The van der Waals surface area contributed by atoms with Crippen molar-refractivity contribution in [3.05, 3.63) is 93.9 Å². The Balaban J connectivity index is 1.04. The van der Waals surface area contributed by atoms with Crippen LogP contribution in [0.25, 0.3) is 16.6 Å². The van der Waals surface area contributed by atoms with E-state index in [1.165, 1.54) is 18.3 Å². The van der Waals surface area contributed by atoms with Crippen molar-refractivity contribution in [3.8, 4) is 0 Å². The molecule has 3 aliphatic rings. The van der Waals surface area contributed by atoms with Crippen LogP contribution in [-0.2, 0) is 32.0 Å². The minimum Gasteiger partial charge on any atom is -0.477 e. The first-order chi connectivity index (χ1) is 29.3. The lowest BCUT2D eigenvalue weighted by Gasteiger charge is -2.38. The van der Waals surface area contributed by atoms with E-state index in [0.717, 1.165) is 12.8 Å². The molecule has 7 rings (SSSR count). The number of imide groups is 1. The van der Waals surface area contributed by atoms with Gasteiger partial charge in [0, 0.05) is 75.3 Å². The highest BCUT2D eigenvalue weighted by molar-refractivity contribution is 6.19. The molecule has 4 aromatic rings. The number of methoxy groups -OCH3 is 1. The number of imidazole rings is 1. The molecule has 5 N–H and O–H groups in total. The second-order valence-corrected chi connectivity index (χ2v) is 16.0. The zero-order valence-electron chi connectivity index (χ0n) is 34.7. The van der Waals surface area contributed by atoms with Gasteiger partial charge < -0.3 is 30.0 Å². The second kappa shape index (κ2) is 18.7. The van der Waals surface area contributed by atoms with Crippen molar-refractivity contribution < 1.29 is 37.4 Å². The number of carbonyl (C=O) groups excluding carboxylic acids is 4. The lowest BCUT2D eigenvalue weighted by Crippen LogP contribution is -2.55. The molecule has 2 bridgehead atoms. The van der Waals surface area contributed by atoms with E-state index >= 15 is 8.78 Å². The molecule has 17 heteroatoms. The third-order valence-corrected chi connectivity index (χ3v) is 11.6. The number of nitrogens with one attached hydrogen (secondary N) is 3. The summed E-state index contributed by atoms with van der Waals surface area (Å²) < 4.78 is 44.1. The van der Waals surface area contributed by atoms with Gasteiger partial charge in [-0.15, -0.1) is 0 Å². The Morgan fingerprint density at radius 2 is 1.85 bits per heavy atom. The number of hydrogen-bond acceptors (Lipinski definition) is 11. The lowest BCUT2D eigenvalue weighted by atomic mass is 9.89. The summed E-state index contributed by atoms with van der Waals surface area (Å²) >= 11 is 0. The number of nitrogens with zero attached hydrogens (tertiary/aromatic N) is 5. The van der Waals surface area contributed by atoms with Crippen LogP contribution in [0.15, 0.2) is 53.7 Å². The van der Waals surface area contributed by atoms with E-state index in [2.05, 4.69) is 37.8 Å². The van der Waals surface area contributed by atoms with Gasteiger partial charge in [0.05, 0.1) is 47.0 Å². The number of rotatable bonds is 7. The fraction of sp³-hybridized carbons (Fsp3) is 0.432. The molecule has 61 heavy (non-hydrogen) atoms. The summed E-state index contributed by atoms with van der Waals surface area (Å²) in [6, 6.07) is 10.8. The number of amides is 4. The van der Waals surface area contributed by atoms with Gasteiger partial charge in [-0.2, -0.15) is 0 Å². The van der Waals surface area contributed by atoms with E-state index in [-0.39, 0.29) is 42.4 Å². The van der Waals surface area contributed by atoms with Crippen molar-refractivity contribution in [3.63, 3.8) is 0 Å². The Bertz CT molecular complexity index is 2390. The van der Waals surface area contributed by atoms with E-state index in [4.69, 9.17) is 20.2 Å². The quantitative estimate of drug-likeness (QED) is 0.191. The van der Waals surface area contributed by atoms with E-state index in [1.54, 1.807) is 51.4 Å². The molecule has 2 aromatic heterocycles. The Kier molecular flexibility index (Phi) is 13.2. The standard InChI is InChI=1S/C44H51F2N9O6/c1-24-6-5-15-61-43(48-3)30(21-47)35-19-28(16-25(2)49-35)41(58)53-44-51-33-9-7-27(20-36(33)55(44)22-24)40(57)50-34-12-14-54(23-37(34)60-4)13-11-26-17-31(45)39(32(46)18-26)29-8-10-38(56)52-42(29)59/h7,9,16-21,24,29,34,37H,5-6,8,10-15,22-23,47H2,1-4H3,(H,50,57)(H,51,53,58)(H,52,56,59)/t24-,29-,34+,37-/m1/s1. The monoisotopic (exact) mass is 839 g/mol. The molecule has 0 unspecified atom stereocenters. The Morgan fingerprint density at radius 3 is 2.57 bits per heavy atom. The van der Waals surface area contributed by atoms with Crippen LogP contribution in [0.2, 0.25) is 0 Å². The number of hydrogen-bond donors (Lipinski definition) is 4. The van der Waals surface area contributed by atoms with Crippen molar-refractivity contribution >= 4 is 52.1 Å². The minimum atomic E-state index is -1.05. The number of aromatic nitrogens is 3. The molecule has 322 valence electrons. The summed E-state index contributed by atoms with van der Waals surface area (Å²) in [6.07, 6.45) is 3.54. The smallest absolute Gasteiger partial charge is 0.258 e. The molecule has 4 amide bonds. The second-order valence-electron chi connectivity index (χ2n) is 16.0. The van der Waals surface area contributed by atoms with Crippen LogP contribution in [0.3, 0.4) is 0 Å². The van der Waals surface area contributed by atoms with Gasteiger partial charge >= 0.3 is 0 Å². The van der Waals surface area contributed by atoms with E-state index in [1.807, 2.05) is 4.57 Å². The summed E-state index contributed by atoms with van der Waals surface area (Å²) in [7, 11) is 3.20. The Hall–Kier alpha value is -6.07. The summed E-state index contributed by atoms with van der Waals surface area (Å²) in [6.45, 7) is 6.38. The third-order valence-electron chi connectivity index (χ3n) is 11.6. The highest BCUT2D eigenvalue weighted by atomic mass is 19.1. The normalized spacial score (nSPS) is 23.1. The summed E-state index contributed by atoms with van der Waals surface area (Å²) in [4.78, 5) is 67.3. The third kappa shape index (κ3) is 9.62. The average Bonchev–Trinajstić information content (AvgIpc) is 3.56. The molecule has 0 spiro atoms. The zero-order chi connectivity index (χ0) is 43.4. The number of aliphatic imine (C=N–C) groups is 1. The number of aryl methyl sites for hydroxylation is 1. The number of pyridine rings is 1. The molecule has 2 aromatic carbocycles. The molecule has 4 atom stereocenters. The zero-order valence-corrected chi connectivity index (χ0v) is 34.7. The number of carbonyl (C=O) groups is 4. The van der Waals surface area contributed by atoms with Crippen molar-refractivity contribution in [1.29, 1.82) is 0 Å². The van der Waals surface area contributed by atoms with Crippen molar-refractivity contribution in [2.24, 2.45) is 16.6 Å². The molecule has 0 aliphatic carbocycles. The molecule has 0 radical (unpaired) electrons. The van der Waals surface area contributed by atoms with Gasteiger partial charge in [0.15, 0.2) is 0 Å². The number of likely N-dealkylation sites (tertiary alicyclic amines) is 1. The first-order valence-electron chi connectivity index (χ1n) is 20.6. The fourth-order valence-corrected chi connectivity index (χ4v) is 8.40. The van der Waals surface area contributed by atoms with Gasteiger partial charge in [-0.25, -0.2) is 13.8 Å². The van der Waals surface area contributed by atoms with Gasteiger partial charge in [0.2, 0.25) is 23.7 Å². The predicted octanol–water partition coefficient (Wildman–Crippen LogP) is 4.63. The van der Waals surface area contributed by atoms with Crippen molar-refractivity contribution in [2.75, 3.05) is 45.7 Å². The maximum Gasteiger partial charge on any atom is 0.258 e. The van der Waals surface area contributed by atoms with Gasteiger partial charge in [0.1, 0.15) is 11.6 Å². The van der Waals surface area contributed by atoms with Gasteiger partial charge in [-0.3, -0.25) is 39.8 Å². The van der Waals surface area contributed by atoms with E-state index in [0.29, 0.717) is 102 Å². The lowest BCUT2D eigenvalue weighted by molar-refractivity contribution is -0.134. The molecule has 5 heterocycles. The summed E-state index contributed by atoms with van der Waals surface area (Å²) in [5.41, 5.74) is 9.73. The molecule has 0 saturated carbocycles. The number of benzene rings is 2. The topological polar surface area (TPSA) is 195 Å². The van der Waals surface area contributed by atoms with Crippen LogP contribution in [-0.4, -0.2) is 102 Å². The Labute approximate surface area is 352 Å². The average molecular weight is 840 g/mol. The number of halogens is 2. The van der Waals surface area contributed by atoms with Crippen molar-refractivity contribution in [1.82, 2.24) is 30.1 Å². The molecular weight excluding hydrogens is 789 g/mol. The fourth-order valence-electron chi connectivity index (χ4n) is 8.40. The molecule has 2 fully saturated rings.